The number of nitrogens with one attached hydrogen (secondary N) is 2. The number of ether oxygens (including phenoxy) is 1. The fraction of sp³-hybridized carbons (Fsp3) is 0.190. The van der Waals surface area contributed by atoms with Crippen LogP contribution in [0.15, 0.2) is 53.5 Å². The van der Waals surface area contributed by atoms with E-state index in [1.807, 2.05) is 38.1 Å². The third-order valence-electron chi connectivity index (χ3n) is 4.82. The largest absolute Gasteiger partial charge is 0.496 e. The van der Waals surface area contributed by atoms with Crippen molar-refractivity contribution in [2.75, 3.05) is 7.11 Å². The molecule has 0 bridgehead atoms. The highest BCUT2D eigenvalue weighted by Crippen LogP contribution is 2.26. The molecule has 1 atom stereocenters. The summed E-state index contributed by atoms with van der Waals surface area (Å²) in [5, 5.41) is 7.78. The molecule has 7 nitrogen and oxygen atoms in total. The van der Waals surface area contributed by atoms with E-state index in [1.54, 1.807) is 29.8 Å². The fourth-order valence-corrected chi connectivity index (χ4v) is 3.39. The molecular formula is C21H20N4O3. The maximum atomic E-state index is 12.9. The van der Waals surface area contributed by atoms with Crippen molar-refractivity contribution in [3.05, 3.63) is 75.7 Å². The zero-order valence-corrected chi connectivity index (χ0v) is 15.8. The van der Waals surface area contributed by atoms with Gasteiger partial charge >= 0.3 is 0 Å². The fourth-order valence-electron chi connectivity index (χ4n) is 3.39. The lowest BCUT2D eigenvalue weighted by Crippen LogP contribution is -2.27. The molecule has 2 heterocycles. The van der Waals surface area contributed by atoms with Crippen molar-refractivity contribution in [2.24, 2.45) is 0 Å². The second kappa shape index (κ2) is 6.84. The van der Waals surface area contributed by atoms with Crippen LogP contribution < -0.4 is 15.6 Å². The first-order chi connectivity index (χ1) is 13.5. The number of amides is 1. The summed E-state index contributed by atoms with van der Waals surface area (Å²) < 4.78 is 6.99. The molecule has 0 radical (unpaired) electrons. The Labute approximate surface area is 161 Å². The molecule has 4 aromatic rings. The number of hydrogen-bond acceptors (Lipinski definition) is 4. The van der Waals surface area contributed by atoms with Gasteiger partial charge in [-0.25, -0.2) is 4.52 Å². The van der Waals surface area contributed by atoms with E-state index in [4.69, 9.17) is 4.74 Å². The van der Waals surface area contributed by atoms with Crippen LogP contribution in [0.3, 0.4) is 0 Å². The standard InChI is InChI=1S/C21H20N4O3/c1-12-8-9-18(28-3)15(10-12)13(2)23-21(27)16-11-22-25-17-7-5-4-6-14(17)20(26)24-19(16)25/h4-11,13H,1-3H3,(H,23,27)(H,24,26). The highest BCUT2D eigenvalue weighted by Gasteiger charge is 2.20. The van der Waals surface area contributed by atoms with Gasteiger partial charge in [0.15, 0.2) is 0 Å². The minimum Gasteiger partial charge on any atom is -0.496 e. The van der Waals surface area contributed by atoms with Gasteiger partial charge in [0.25, 0.3) is 11.5 Å². The summed E-state index contributed by atoms with van der Waals surface area (Å²) in [5.41, 5.74) is 3.01. The molecule has 28 heavy (non-hydrogen) atoms. The molecule has 0 aliphatic carbocycles. The van der Waals surface area contributed by atoms with Crippen molar-refractivity contribution in [1.29, 1.82) is 0 Å². The molecule has 2 aromatic carbocycles. The normalized spacial score (nSPS) is 12.2. The molecular weight excluding hydrogens is 356 g/mol. The highest BCUT2D eigenvalue weighted by atomic mass is 16.5. The molecule has 0 fully saturated rings. The smallest absolute Gasteiger partial charge is 0.259 e. The SMILES string of the molecule is COc1ccc(C)cc1C(C)NC(=O)c1cnn2c1[nH]c(=O)c1ccccc12. The molecule has 0 spiro atoms. The van der Waals surface area contributed by atoms with Crippen LogP contribution in [0.25, 0.3) is 16.6 Å². The minimum absolute atomic E-state index is 0.258. The lowest BCUT2D eigenvalue weighted by Gasteiger charge is -2.17. The lowest BCUT2D eigenvalue weighted by molar-refractivity contribution is 0.0941. The summed E-state index contributed by atoms with van der Waals surface area (Å²) in [6.07, 6.45) is 1.47. The van der Waals surface area contributed by atoms with E-state index in [9.17, 15) is 9.59 Å². The summed E-state index contributed by atoms with van der Waals surface area (Å²) in [7, 11) is 1.60. The number of para-hydroxylation sites is 1. The Morgan fingerprint density at radius 1 is 1.25 bits per heavy atom. The van der Waals surface area contributed by atoms with Crippen LogP contribution >= 0.6 is 0 Å². The number of aryl methyl sites for hydroxylation is 1. The van der Waals surface area contributed by atoms with Crippen LogP contribution in [0.1, 0.15) is 34.5 Å². The second-order valence-electron chi connectivity index (χ2n) is 6.73. The Kier molecular flexibility index (Phi) is 4.35. The zero-order valence-electron chi connectivity index (χ0n) is 15.8. The van der Waals surface area contributed by atoms with Gasteiger partial charge in [-0.15, -0.1) is 0 Å². The van der Waals surface area contributed by atoms with E-state index in [2.05, 4.69) is 15.4 Å². The number of fused-ring (bicyclic) bond motifs is 3. The van der Waals surface area contributed by atoms with Gasteiger partial charge in [-0.05, 0) is 32.0 Å². The molecule has 142 valence electrons. The summed E-state index contributed by atoms with van der Waals surface area (Å²) in [5.74, 6) is 0.384. The maximum absolute atomic E-state index is 12.9. The number of benzene rings is 2. The van der Waals surface area contributed by atoms with E-state index < -0.39 is 0 Å². The number of rotatable bonds is 4. The second-order valence-corrected chi connectivity index (χ2v) is 6.73. The van der Waals surface area contributed by atoms with E-state index in [0.29, 0.717) is 27.9 Å². The zero-order chi connectivity index (χ0) is 19.8. The number of H-pyrrole nitrogens is 1. The van der Waals surface area contributed by atoms with E-state index >= 15 is 0 Å². The Hall–Kier alpha value is -3.61. The molecule has 2 aromatic heterocycles. The van der Waals surface area contributed by atoms with E-state index in [0.717, 1.165) is 11.1 Å². The van der Waals surface area contributed by atoms with Gasteiger partial charge in [0.2, 0.25) is 0 Å². The molecule has 0 saturated carbocycles. The highest BCUT2D eigenvalue weighted by molar-refractivity contribution is 6.00. The molecule has 0 saturated heterocycles. The van der Waals surface area contributed by atoms with Gasteiger partial charge in [-0.2, -0.15) is 5.10 Å². The lowest BCUT2D eigenvalue weighted by atomic mass is 10.0. The number of methoxy groups -OCH3 is 1. The molecule has 4 rings (SSSR count). The van der Waals surface area contributed by atoms with E-state index in [1.165, 1.54) is 6.20 Å². The Balaban J connectivity index is 1.72. The third kappa shape index (κ3) is 2.90. The van der Waals surface area contributed by atoms with Crippen LogP contribution in [0.5, 0.6) is 5.75 Å². The van der Waals surface area contributed by atoms with Crippen LogP contribution in [0.4, 0.5) is 0 Å². The summed E-state index contributed by atoms with van der Waals surface area (Å²) in [4.78, 5) is 28.1. The first kappa shape index (κ1) is 17.8. The number of carbonyl (C=O) groups excluding carboxylic acids is 1. The number of hydrogen-bond donors (Lipinski definition) is 2. The molecule has 1 unspecified atom stereocenters. The number of aromatic amines is 1. The van der Waals surface area contributed by atoms with Crippen molar-refractivity contribution < 1.29 is 9.53 Å². The van der Waals surface area contributed by atoms with E-state index in [-0.39, 0.29) is 17.5 Å². The monoisotopic (exact) mass is 376 g/mol. The van der Waals surface area contributed by atoms with Crippen LogP contribution in [0.2, 0.25) is 0 Å². The Bertz CT molecular complexity index is 1260. The first-order valence-electron chi connectivity index (χ1n) is 8.93. The van der Waals surface area contributed by atoms with Crippen LogP contribution in [-0.2, 0) is 0 Å². The van der Waals surface area contributed by atoms with Crippen molar-refractivity contribution >= 4 is 22.5 Å². The quantitative estimate of drug-likeness (QED) is 0.573. The van der Waals surface area contributed by atoms with Crippen molar-refractivity contribution in [2.45, 2.75) is 19.9 Å². The average molecular weight is 376 g/mol. The van der Waals surface area contributed by atoms with Gasteiger partial charge in [0, 0.05) is 5.56 Å². The molecule has 0 aliphatic heterocycles. The number of carbonyl (C=O) groups is 1. The van der Waals surface area contributed by atoms with Crippen molar-refractivity contribution in [3.8, 4) is 5.75 Å². The molecule has 1 amide bonds. The van der Waals surface area contributed by atoms with Crippen molar-refractivity contribution in [3.63, 3.8) is 0 Å². The molecule has 2 N–H and O–H groups in total. The summed E-state index contributed by atoms with van der Waals surface area (Å²) in [6, 6.07) is 12.7. The Morgan fingerprint density at radius 3 is 2.82 bits per heavy atom. The van der Waals surface area contributed by atoms with Gasteiger partial charge in [0.1, 0.15) is 17.0 Å². The van der Waals surface area contributed by atoms with Crippen LogP contribution in [-0.4, -0.2) is 27.6 Å². The Morgan fingerprint density at radius 2 is 2.04 bits per heavy atom. The molecule has 7 heteroatoms. The van der Waals surface area contributed by atoms with Gasteiger partial charge in [-0.1, -0.05) is 29.8 Å². The van der Waals surface area contributed by atoms with Crippen molar-refractivity contribution in [1.82, 2.24) is 19.9 Å². The summed E-state index contributed by atoms with van der Waals surface area (Å²) in [6.45, 7) is 3.87. The van der Waals surface area contributed by atoms with Gasteiger partial charge in [0.05, 0.1) is 30.3 Å². The van der Waals surface area contributed by atoms with Crippen LogP contribution in [0, 0.1) is 6.92 Å². The summed E-state index contributed by atoms with van der Waals surface area (Å²) >= 11 is 0. The third-order valence-corrected chi connectivity index (χ3v) is 4.82. The predicted octanol–water partition coefficient (Wildman–Crippen LogP) is 2.98. The maximum Gasteiger partial charge on any atom is 0.259 e. The number of nitrogens with zero attached hydrogens (tertiary/aromatic N) is 2. The average Bonchev–Trinajstić information content (AvgIpc) is 3.12. The predicted molar refractivity (Wildman–Crippen MR) is 107 cm³/mol. The number of aromatic nitrogens is 3. The minimum atomic E-state index is -0.322. The topological polar surface area (TPSA) is 88.5 Å². The van der Waals surface area contributed by atoms with Gasteiger partial charge in [-0.3, -0.25) is 9.59 Å². The first-order valence-corrected chi connectivity index (χ1v) is 8.93. The van der Waals surface area contributed by atoms with Gasteiger partial charge < -0.3 is 15.0 Å². The molecule has 0 aliphatic rings.